The molecule has 2 aromatic rings. The third kappa shape index (κ3) is 2.34. The van der Waals surface area contributed by atoms with Crippen molar-refractivity contribution < 1.29 is 0 Å². The van der Waals surface area contributed by atoms with E-state index in [1.165, 1.54) is 5.56 Å². The maximum absolute atomic E-state index is 6.11. The first-order valence-corrected chi connectivity index (χ1v) is 6.21. The summed E-state index contributed by atoms with van der Waals surface area (Å²) >= 11 is 6.11. The van der Waals surface area contributed by atoms with Gasteiger partial charge in [0.05, 0.1) is 5.69 Å². The molecule has 0 N–H and O–H groups in total. The molecule has 0 spiro atoms. The minimum atomic E-state index is 0.292. The molecule has 0 aliphatic rings. The molecule has 4 heteroatoms. The SMILES string of the molecule is CCc1cccc(-n2c(Cl)nnc2C(C)C)c1. The zero-order valence-electron chi connectivity index (χ0n) is 10.3. The largest absolute Gasteiger partial charge is 0.270 e. The Kier molecular flexibility index (Phi) is 3.48. The van der Waals surface area contributed by atoms with Gasteiger partial charge in [-0.15, -0.1) is 10.2 Å². The molecule has 90 valence electrons. The van der Waals surface area contributed by atoms with Crippen molar-refractivity contribution in [3.05, 3.63) is 40.9 Å². The fourth-order valence-corrected chi connectivity index (χ4v) is 2.03. The molecule has 0 radical (unpaired) electrons. The lowest BCUT2D eigenvalue weighted by atomic mass is 10.1. The van der Waals surface area contributed by atoms with Gasteiger partial charge in [0, 0.05) is 5.92 Å². The van der Waals surface area contributed by atoms with Crippen LogP contribution in [-0.2, 0) is 6.42 Å². The number of aryl methyl sites for hydroxylation is 1. The highest BCUT2D eigenvalue weighted by molar-refractivity contribution is 6.28. The average Bonchev–Trinajstić information content (AvgIpc) is 2.71. The summed E-state index contributed by atoms with van der Waals surface area (Å²) in [4.78, 5) is 0. The molecule has 0 fully saturated rings. The lowest BCUT2D eigenvalue weighted by Crippen LogP contribution is -2.03. The highest BCUT2D eigenvalue weighted by atomic mass is 35.5. The van der Waals surface area contributed by atoms with E-state index in [9.17, 15) is 0 Å². The summed E-state index contributed by atoms with van der Waals surface area (Å²) < 4.78 is 1.91. The van der Waals surface area contributed by atoms with E-state index in [1.807, 2.05) is 16.7 Å². The highest BCUT2D eigenvalue weighted by Gasteiger charge is 2.14. The monoisotopic (exact) mass is 249 g/mol. The van der Waals surface area contributed by atoms with E-state index in [1.54, 1.807) is 0 Å². The Hall–Kier alpha value is -1.35. The Morgan fingerprint density at radius 1 is 1.29 bits per heavy atom. The minimum Gasteiger partial charge on any atom is -0.270 e. The Morgan fingerprint density at radius 2 is 2.06 bits per heavy atom. The second-order valence-corrected chi connectivity index (χ2v) is 4.68. The van der Waals surface area contributed by atoms with Crippen molar-refractivity contribution in [3.8, 4) is 5.69 Å². The molecule has 0 unspecified atom stereocenters. The van der Waals surface area contributed by atoms with Gasteiger partial charge < -0.3 is 0 Å². The molecule has 0 bridgehead atoms. The maximum Gasteiger partial charge on any atom is 0.229 e. The first-order chi connectivity index (χ1) is 8.13. The van der Waals surface area contributed by atoms with Gasteiger partial charge >= 0.3 is 0 Å². The standard InChI is InChI=1S/C13H16ClN3/c1-4-10-6-5-7-11(8-10)17-12(9(2)3)15-16-13(17)14/h5-9H,4H2,1-3H3. The molecule has 0 amide bonds. The quantitative estimate of drug-likeness (QED) is 0.832. The van der Waals surface area contributed by atoms with Crippen LogP contribution in [0.1, 0.15) is 38.1 Å². The van der Waals surface area contributed by atoms with Gasteiger partial charge in [-0.05, 0) is 35.7 Å². The topological polar surface area (TPSA) is 30.7 Å². The Labute approximate surface area is 106 Å². The first-order valence-electron chi connectivity index (χ1n) is 5.83. The van der Waals surface area contributed by atoms with E-state index in [4.69, 9.17) is 11.6 Å². The summed E-state index contributed by atoms with van der Waals surface area (Å²) in [7, 11) is 0. The van der Waals surface area contributed by atoms with E-state index in [0.717, 1.165) is 17.9 Å². The van der Waals surface area contributed by atoms with Crippen molar-refractivity contribution in [2.45, 2.75) is 33.1 Å². The van der Waals surface area contributed by atoms with Crippen LogP contribution in [0.15, 0.2) is 24.3 Å². The summed E-state index contributed by atoms with van der Waals surface area (Å²) in [6.07, 6.45) is 1.00. The smallest absolute Gasteiger partial charge is 0.229 e. The minimum absolute atomic E-state index is 0.292. The molecule has 1 heterocycles. The summed E-state index contributed by atoms with van der Waals surface area (Å²) in [6.45, 7) is 6.30. The van der Waals surface area contributed by atoms with Crippen LogP contribution in [0.5, 0.6) is 0 Å². The van der Waals surface area contributed by atoms with E-state index in [0.29, 0.717) is 11.2 Å². The third-order valence-corrected chi connectivity index (χ3v) is 2.99. The second-order valence-electron chi connectivity index (χ2n) is 4.34. The molecule has 1 aromatic heterocycles. The van der Waals surface area contributed by atoms with Gasteiger partial charge in [-0.3, -0.25) is 4.57 Å². The van der Waals surface area contributed by atoms with Gasteiger partial charge in [0.1, 0.15) is 5.82 Å². The molecule has 17 heavy (non-hydrogen) atoms. The van der Waals surface area contributed by atoms with Crippen LogP contribution in [0.25, 0.3) is 5.69 Å². The van der Waals surface area contributed by atoms with Crippen molar-refractivity contribution in [2.75, 3.05) is 0 Å². The van der Waals surface area contributed by atoms with Gasteiger partial charge in [-0.1, -0.05) is 32.9 Å². The van der Waals surface area contributed by atoms with E-state index < -0.39 is 0 Å². The number of hydrogen-bond donors (Lipinski definition) is 0. The Balaban J connectivity index is 2.55. The number of nitrogens with zero attached hydrogens (tertiary/aromatic N) is 3. The summed E-state index contributed by atoms with van der Waals surface area (Å²) in [5.41, 5.74) is 2.31. The normalized spacial score (nSPS) is 11.1. The van der Waals surface area contributed by atoms with E-state index in [-0.39, 0.29) is 0 Å². The molecule has 0 aliphatic carbocycles. The summed E-state index contributed by atoms with van der Waals surface area (Å²) in [6, 6.07) is 8.30. The predicted octanol–water partition coefficient (Wildman–Crippen LogP) is 3.61. The molecule has 0 aliphatic heterocycles. The van der Waals surface area contributed by atoms with E-state index >= 15 is 0 Å². The van der Waals surface area contributed by atoms with Gasteiger partial charge in [-0.2, -0.15) is 0 Å². The number of benzene rings is 1. The number of halogens is 1. The summed E-state index contributed by atoms with van der Waals surface area (Å²) in [5, 5.41) is 8.49. The van der Waals surface area contributed by atoms with Crippen LogP contribution in [-0.4, -0.2) is 14.8 Å². The van der Waals surface area contributed by atoms with Crippen LogP contribution in [0.3, 0.4) is 0 Å². The molecule has 2 rings (SSSR count). The Bertz CT molecular complexity index is 517. The lowest BCUT2D eigenvalue weighted by Gasteiger charge is -2.10. The van der Waals surface area contributed by atoms with Gasteiger partial charge in [0.2, 0.25) is 5.28 Å². The van der Waals surface area contributed by atoms with Crippen molar-refractivity contribution in [3.63, 3.8) is 0 Å². The van der Waals surface area contributed by atoms with Crippen LogP contribution in [0.2, 0.25) is 5.28 Å². The van der Waals surface area contributed by atoms with Crippen molar-refractivity contribution >= 4 is 11.6 Å². The molecule has 0 saturated carbocycles. The molecular weight excluding hydrogens is 234 g/mol. The van der Waals surface area contributed by atoms with Crippen molar-refractivity contribution in [2.24, 2.45) is 0 Å². The van der Waals surface area contributed by atoms with Crippen LogP contribution in [0.4, 0.5) is 0 Å². The second kappa shape index (κ2) is 4.88. The zero-order valence-corrected chi connectivity index (χ0v) is 11.1. The molecule has 0 atom stereocenters. The molecule has 0 saturated heterocycles. The molecule has 3 nitrogen and oxygen atoms in total. The van der Waals surface area contributed by atoms with Crippen LogP contribution in [0, 0.1) is 0 Å². The summed E-state index contributed by atoms with van der Waals surface area (Å²) in [5.74, 6) is 1.18. The fraction of sp³-hybridized carbons (Fsp3) is 0.385. The fourth-order valence-electron chi connectivity index (χ4n) is 1.80. The number of hydrogen-bond acceptors (Lipinski definition) is 2. The van der Waals surface area contributed by atoms with Crippen molar-refractivity contribution in [1.82, 2.24) is 14.8 Å². The first kappa shape index (κ1) is 12.1. The predicted molar refractivity (Wildman–Crippen MR) is 69.8 cm³/mol. The maximum atomic E-state index is 6.11. The molecule has 1 aromatic carbocycles. The number of rotatable bonds is 3. The van der Waals surface area contributed by atoms with Gasteiger partial charge in [0.15, 0.2) is 0 Å². The third-order valence-electron chi connectivity index (χ3n) is 2.74. The Morgan fingerprint density at radius 3 is 2.71 bits per heavy atom. The van der Waals surface area contributed by atoms with Gasteiger partial charge in [0.25, 0.3) is 0 Å². The average molecular weight is 250 g/mol. The highest BCUT2D eigenvalue weighted by Crippen LogP contribution is 2.22. The van der Waals surface area contributed by atoms with Crippen molar-refractivity contribution in [1.29, 1.82) is 0 Å². The number of aromatic nitrogens is 3. The molecular formula is C13H16ClN3. The van der Waals surface area contributed by atoms with E-state index in [2.05, 4.69) is 43.1 Å². The zero-order chi connectivity index (χ0) is 12.4. The van der Waals surface area contributed by atoms with Crippen LogP contribution < -0.4 is 0 Å². The van der Waals surface area contributed by atoms with Gasteiger partial charge in [-0.25, -0.2) is 0 Å². The lowest BCUT2D eigenvalue weighted by molar-refractivity contribution is 0.745. The van der Waals surface area contributed by atoms with Crippen LogP contribution >= 0.6 is 11.6 Å².